The van der Waals surface area contributed by atoms with Gasteiger partial charge in [-0.25, -0.2) is 4.79 Å². The molecule has 0 fully saturated rings. The Morgan fingerprint density at radius 2 is 2.50 bits per heavy atom. The third-order valence-electron chi connectivity index (χ3n) is 2.69. The molecule has 1 aromatic rings. The van der Waals surface area contributed by atoms with E-state index in [0.29, 0.717) is 18.2 Å². The van der Waals surface area contributed by atoms with Crippen molar-refractivity contribution < 1.29 is 9.53 Å². The van der Waals surface area contributed by atoms with Crippen LogP contribution in [0, 0.1) is 0 Å². The quantitative estimate of drug-likeness (QED) is 0.728. The molecular weight excluding hydrogens is 180 g/mol. The van der Waals surface area contributed by atoms with Crippen LogP contribution in [0.15, 0.2) is 0 Å². The lowest BCUT2D eigenvalue weighted by Crippen LogP contribution is -2.07. The number of H-pyrrole nitrogens is 1. The van der Waals surface area contributed by atoms with Crippen LogP contribution in [0.1, 0.15) is 47.9 Å². The van der Waals surface area contributed by atoms with Gasteiger partial charge in [-0.2, -0.15) is 5.10 Å². The molecule has 1 aliphatic carbocycles. The zero-order valence-corrected chi connectivity index (χ0v) is 8.46. The Morgan fingerprint density at radius 1 is 1.71 bits per heavy atom. The van der Waals surface area contributed by atoms with E-state index in [4.69, 9.17) is 4.74 Å². The van der Waals surface area contributed by atoms with Crippen molar-refractivity contribution in [1.82, 2.24) is 10.2 Å². The molecule has 0 aromatic carbocycles. The van der Waals surface area contributed by atoms with Gasteiger partial charge >= 0.3 is 5.97 Å². The fraction of sp³-hybridized carbons (Fsp3) is 0.600. The molecule has 0 spiro atoms. The number of fused-ring (bicyclic) bond motifs is 1. The minimum Gasteiger partial charge on any atom is -0.461 e. The highest BCUT2D eigenvalue weighted by molar-refractivity contribution is 5.89. The van der Waals surface area contributed by atoms with Crippen molar-refractivity contribution in [2.24, 2.45) is 0 Å². The Bertz CT molecular complexity index is 357. The van der Waals surface area contributed by atoms with Gasteiger partial charge in [0.1, 0.15) is 0 Å². The normalized spacial score (nSPS) is 19.4. The summed E-state index contributed by atoms with van der Waals surface area (Å²) in [5.41, 5.74) is 2.63. The summed E-state index contributed by atoms with van der Waals surface area (Å²) in [6.07, 6.45) is 2.03. The Hall–Kier alpha value is -1.32. The molecule has 1 aromatic heterocycles. The van der Waals surface area contributed by atoms with E-state index in [1.807, 2.05) is 0 Å². The molecule has 0 unspecified atom stereocenters. The van der Waals surface area contributed by atoms with Gasteiger partial charge in [-0.15, -0.1) is 0 Å². The molecular formula is C10H14N2O2. The molecule has 0 radical (unpaired) electrons. The molecule has 2 rings (SSSR count). The first-order valence-electron chi connectivity index (χ1n) is 4.98. The van der Waals surface area contributed by atoms with Crippen LogP contribution in [0.3, 0.4) is 0 Å². The third kappa shape index (κ3) is 1.31. The molecule has 1 aliphatic rings. The zero-order valence-electron chi connectivity index (χ0n) is 8.46. The lowest BCUT2D eigenvalue weighted by Gasteiger charge is -1.98. The fourth-order valence-electron chi connectivity index (χ4n) is 1.91. The van der Waals surface area contributed by atoms with E-state index in [-0.39, 0.29) is 5.97 Å². The molecule has 0 amide bonds. The lowest BCUT2D eigenvalue weighted by molar-refractivity contribution is 0.0518. The summed E-state index contributed by atoms with van der Waals surface area (Å²) in [6.45, 7) is 4.34. The summed E-state index contributed by atoms with van der Waals surface area (Å²) in [4.78, 5) is 11.5. The smallest absolute Gasteiger partial charge is 0.359 e. The molecule has 0 saturated carbocycles. The predicted octanol–water partition coefficient (Wildman–Crippen LogP) is 1.64. The number of aromatic amines is 1. The molecule has 0 aliphatic heterocycles. The van der Waals surface area contributed by atoms with E-state index in [2.05, 4.69) is 17.1 Å². The number of carbonyl (C=O) groups excluding carboxylic acids is 1. The second-order valence-corrected chi connectivity index (χ2v) is 3.62. The number of rotatable bonds is 2. The first-order valence-corrected chi connectivity index (χ1v) is 4.98. The number of hydrogen-bond donors (Lipinski definition) is 1. The second-order valence-electron chi connectivity index (χ2n) is 3.62. The van der Waals surface area contributed by atoms with Gasteiger partial charge in [-0.1, -0.05) is 6.92 Å². The first-order chi connectivity index (χ1) is 6.74. The maximum atomic E-state index is 11.5. The number of ether oxygens (including phenoxy) is 1. The van der Waals surface area contributed by atoms with Gasteiger partial charge < -0.3 is 4.74 Å². The van der Waals surface area contributed by atoms with Crippen LogP contribution in [0.25, 0.3) is 0 Å². The van der Waals surface area contributed by atoms with E-state index < -0.39 is 0 Å². The van der Waals surface area contributed by atoms with E-state index >= 15 is 0 Å². The average Bonchev–Trinajstić information content (AvgIpc) is 2.69. The minimum absolute atomic E-state index is 0.306. The maximum Gasteiger partial charge on any atom is 0.359 e. The molecule has 76 valence electrons. The summed E-state index contributed by atoms with van der Waals surface area (Å²) in [5, 5.41) is 6.93. The summed E-state index contributed by atoms with van der Waals surface area (Å²) in [7, 11) is 0. The van der Waals surface area contributed by atoms with Gasteiger partial charge in [0.2, 0.25) is 0 Å². The Labute approximate surface area is 82.7 Å². The van der Waals surface area contributed by atoms with Crippen LogP contribution in [-0.4, -0.2) is 22.8 Å². The highest BCUT2D eigenvalue weighted by Crippen LogP contribution is 2.32. The van der Waals surface area contributed by atoms with Gasteiger partial charge in [0.15, 0.2) is 5.69 Å². The van der Waals surface area contributed by atoms with Crippen molar-refractivity contribution in [3.63, 3.8) is 0 Å². The summed E-state index contributed by atoms with van der Waals surface area (Å²) in [6, 6.07) is 0. The molecule has 1 atom stereocenters. The van der Waals surface area contributed by atoms with Gasteiger partial charge in [0.05, 0.1) is 6.61 Å². The standard InChI is InChI=1S/C10H14N2O2/c1-3-14-10(13)9-7-5-4-6(2)8(7)11-12-9/h6H,3-5H2,1-2H3,(H,11,12)/t6-/m0/s1. The fourth-order valence-corrected chi connectivity index (χ4v) is 1.91. The highest BCUT2D eigenvalue weighted by Gasteiger charge is 2.28. The monoisotopic (exact) mass is 194 g/mol. The Balaban J connectivity index is 2.28. The summed E-state index contributed by atoms with van der Waals surface area (Å²) < 4.78 is 4.93. The number of nitrogens with one attached hydrogen (secondary N) is 1. The molecule has 4 heteroatoms. The van der Waals surface area contributed by atoms with Crippen molar-refractivity contribution in [2.45, 2.75) is 32.6 Å². The van der Waals surface area contributed by atoms with E-state index in [0.717, 1.165) is 24.1 Å². The lowest BCUT2D eigenvalue weighted by atomic mass is 10.1. The number of esters is 1. The SMILES string of the molecule is CCOC(=O)c1n[nH]c2c1CC[C@@H]2C. The van der Waals surface area contributed by atoms with Crippen LogP contribution < -0.4 is 0 Å². The van der Waals surface area contributed by atoms with E-state index in [9.17, 15) is 4.79 Å². The summed E-state index contributed by atoms with van der Waals surface area (Å²) in [5.74, 6) is 0.180. The highest BCUT2D eigenvalue weighted by atomic mass is 16.5. The van der Waals surface area contributed by atoms with Gasteiger partial charge in [0, 0.05) is 11.3 Å². The van der Waals surface area contributed by atoms with Crippen molar-refractivity contribution in [1.29, 1.82) is 0 Å². The Morgan fingerprint density at radius 3 is 3.21 bits per heavy atom. The third-order valence-corrected chi connectivity index (χ3v) is 2.69. The van der Waals surface area contributed by atoms with Crippen LogP contribution >= 0.6 is 0 Å². The maximum absolute atomic E-state index is 11.5. The molecule has 14 heavy (non-hydrogen) atoms. The predicted molar refractivity (Wildman–Crippen MR) is 51.3 cm³/mol. The van der Waals surface area contributed by atoms with Crippen LogP contribution in [0.4, 0.5) is 0 Å². The van der Waals surface area contributed by atoms with E-state index in [1.54, 1.807) is 6.92 Å². The van der Waals surface area contributed by atoms with Crippen molar-refractivity contribution in [2.75, 3.05) is 6.61 Å². The zero-order chi connectivity index (χ0) is 10.1. The van der Waals surface area contributed by atoms with Crippen LogP contribution in [0.5, 0.6) is 0 Å². The van der Waals surface area contributed by atoms with Crippen molar-refractivity contribution >= 4 is 5.97 Å². The molecule has 1 heterocycles. The minimum atomic E-state index is -0.306. The van der Waals surface area contributed by atoms with Gasteiger partial charge in [-0.05, 0) is 25.7 Å². The van der Waals surface area contributed by atoms with Crippen LogP contribution in [-0.2, 0) is 11.2 Å². The molecule has 0 bridgehead atoms. The number of nitrogens with zero attached hydrogens (tertiary/aromatic N) is 1. The topological polar surface area (TPSA) is 55.0 Å². The van der Waals surface area contributed by atoms with Gasteiger partial charge in [0.25, 0.3) is 0 Å². The number of hydrogen-bond acceptors (Lipinski definition) is 3. The van der Waals surface area contributed by atoms with Crippen LogP contribution in [0.2, 0.25) is 0 Å². The first kappa shape index (κ1) is 9.24. The molecule has 4 nitrogen and oxygen atoms in total. The number of carbonyl (C=O) groups is 1. The largest absolute Gasteiger partial charge is 0.461 e. The molecule has 0 saturated heterocycles. The summed E-state index contributed by atoms with van der Waals surface area (Å²) >= 11 is 0. The second kappa shape index (κ2) is 3.44. The van der Waals surface area contributed by atoms with Crippen molar-refractivity contribution in [3.8, 4) is 0 Å². The molecule has 1 N–H and O–H groups in total. The van der Waals surface area contributed by atoms with Gasteiger partial charge in [-0.3, -0.25) is 5.10 Å². The Kier molecular flexibility index (Phi) is 2.27. The average molecular weight is 194 g/mol. The number of aromatic nitrogens is 2. The van der Waals surface area contributed by atoms with E-state index in [1.165, 1.54) is 0 Å². The van der Waals surface area contributed by atoms with Crippen molar-refractivity contribution in [3.05, 3.63) is 17.0 Å².